The van der Waals surface area contributed by atoms with Gasteiger partial charge in [0.2, 0.25) is 5.90 Å². The molecule has 0 fully saturated rings. The van der Waals surface area contributed by atoms with Gasteiger partial charge in [0.05, 0.1) is 0 Å². The largest absolute Gasteiger partial charge is 0.410 e. The maximum atomic E-state index is 10.8. The standard InChI is InChI=1S/C8H10Cl3NO3/c1-4(13)15-6-7(2,9)3-8(10,11)5(14)12-6/h5,14H,3H2,1-2H3/t5-,7+/m0/s1. The van der Waals surface area contributed by atoms with E-state index in [4.69, 9.17) is 39.5 Å². The molecular weight excluding hydrogens is 264 g/mol. The quantitative estimate of drug-likeness (QED) is 0.542. The first kappa shape index (κ1) is 13.0. The van der Waals surface area contributed by atoms with Gasteiger partial charge in [0, 0.05) is 13.3 Å². The zero-order valence-corrected chi connectivity index (χ0v) is 10.4. The highest BCUT2D eigenvalue weighted by atomic mass is 35.5. The van der Waals surface area contributed by atoms with Gasteiger partial charge in [0.25, 0.3) is 0 Å². The van der Waals surface area contributed by atoms with Gasteiger partial charge in [-0.15, -0.1) is 11.6 Å². The van der Waals surface area contributed by atoms with Gasteiger partial charge < -0.3 is 9.84 Å². The van der Waals surface area contributed by atoms with Crippen molar-refractivity contribution in [3.05, 3.63) is 0 Å². The average Bonchev–Trinajstić information content (AvgIpc) is 1.97. The summed E-state index contributed by atoms with van der Waals surface area (Å²) in [6.07, 6.45) is -1.33. The lowest BCUT2D eigenvalue weighted by Gasteiger charge is -2.36. The molecule has 0 aromatic heterocycles. The number of esters is 1. The molecule has 86 valence electrons. The summed E-state index contributed by atoms with van der Waals surface area (Å²) in [5.74, 6) is -0.634. The van der Waals surface area contributed by atoms with E-state index in [9.17, 15) is 9.90 Å². The Morgan fingerprint density at radius 1 is 1.60 bits per heavy atom. The molecule has 0 spiro atoms. The molecule has 1 aliphatic rings. The summed E-state index contributed by atoms with van der Waals surface area (Å²) < 4.78 is 3.30. The molecule has 2 atom stereocenters. The van der Waals surface area contributed by atoms with Gasteiger partial charge in [-0.05, 0) is 6.92 Å². The molecule has 0 unspecified atom stereocenters. The van der Waals surface area contributed by atoms with Crippen LogP contribution in [0.1, 0.15) is 20.3 Å². The van der Waals surface area contributed by atoms with Crippen molar-refractivity contribution in [2.45, 2.75) is 35.7 Å². The van der Waals surface area contributed by atoms with E-state index in [-0.39, 0.29) is 12.3 Å². The minimum absolute atomic E-state index is 0.0257. The third-order valence-electron chi connectivity index (χ3n) is 1.87. The van der Waals surface area contributed by atoms with Crippen molar-refractivity contribution in [2.24, 2.45) is 4.99 Å². The van der Waals surface area contributed by atoms with Crippen molar-refractivity contribution in [1.29, 1.82) is 0 Å². The van der Waals surface area contributed by atoms with Crippen molar-refractivity contribution < 1.29 is 14.6 Å². The Labute approximate surface area is 102 Å². The van der Waals surface area contributed by atoms with Crippen LogP contribution in [0.4, 0.5) is 0 Å². The molecule has 4 nitrogen and oxygen atoms in total. The van der Waals surface area contributed by atoms with Gasteiger partial charge in [-0.2, -0.15) is 0 Å². The van der Waals surface area contributed by atoms with Gasteiger partial charge in [-0.25, -0.2) is 4.99 Å². The number of hydrogen-bond acceptors (Lipinski definition) is 4. The second-order valence-corrected chi connectivity index (χ2v) is 5.91. The number of nitrogens with zero attached hydrogens (tertiary/aromatic N) is 1. The molecule has 0 bridgehead atoms. The van der Waals surface area contributed by atoms with Gasteiger partial charge in [-0.3, -0.25) is 4.79 Å². The highest BCUT2D eigenvalue weighted by Gasteiger charge is 2.49. The number of ether oxygens (including phenoxy) is 1. The van der Waals surface area contributed by atoms with Crippen molar-refractivity contribution in [1.82, 2.24) is 0 Å². The average molecular weight is 275 g/mol. The molecule has 0 aromatic rings. The molecular formula is C8H10Cl3NO3. The van der Waals surface area contributed by atoms with Crippen molar-refractivity contribution in [2.75, 3.05) is 0 Å². The Morgan fingerprint density at radius 3 is 2.60 bits per heavy atom. The molecule has 0 saturated heterocycles. The van der Waals surface area contributed by atoms with Crippen molar-refractivity contribution in [3.8, 4) is 0 Å². The molecule has 1 aliphatic heterocycles. The lowest BCUT2D eigenvalue weighted by Crippen LogP contribution is -2.48. The van der Waals surface area contributed by atoms with E-state index in [2.05, 4.69) is 4.99 Å². The van der Waals surface area contributed by atoms with Gasteiger partial charge in [0.1, 0.15) is 4.87 Å². The minimum Gasteiger partial charge on any atom is -0.410 e. The first-order valence-electron chi connectivity index (χ1n) is 4.17. The third kappa shape index (κ3) is 2.97. The Kier molecular flexibility index (Phi) is 3.55. The number of aliphatic hydroxyl groups is 1. The molecule has 0 radical (unpaired) electrons. The van der Waals surface area contributed by atoms with Crippen LogP contribution in [-0.2, 0) is 9.53 Å². The fourth-order valence-electron chi connectivity index (χ4n) is 1.22. The van der Waals surface area contributed by atoms with Gasteiger partial charge in [0.15, 0.2) is 10.6 Å². The Morgan fingerprint density at radius 2 is 2.13 bits per heavy atom. The van der Waals surface area contributed by atoms with Crippen LogP contribution in [0.25, 0.3) is 0 Å². The van der Waals surface area contributed by atoms with E-state index in [0.29, 0.717) is 0 Å². The summed E-state index contributed by atoms with van der Waals surface area (Å²) in [4.78, 5) is 13.3. The highest BCUT2D eigenvalue weighted by molar-refractivity contribution is 6.50. The maximum absolute atomic E-state index is 10.8. The number of rotatable bonds is 0. The summed E-state index contributed by atoms with van der Waals surface area (Å²) in [5.41, 5.74) is 0. The Hall–Kier alpha value is -0.0300. The number of hydrogen-bond donors (Lipinski definition) is 1. The molecule has 1 N–H and O–H groups in total. The first-order chi connectivity index (χ1) is 6.65. The van der Waals surface area contributed by atoms with Crippen molar-refractivity contribution >= 4 is 46.7 Å². The molecule has 0 aliphatic carbocycles. The van der Waals surface area contributed by atoms with Gasteiger partial charge >= 0.3 is 5.97 Å². The molecule has 1 rings (SSSR count). The second kappa shape index (κ2) is 4.09. The summed E-state index contributed by atoms with van der Waals surface area (Å²) in [7, 11) is 0. The second-order valence-electron chi connectivity index (χ2n) is 3.54. The summed E-state index contributed by atoms with van der Waals surface area (Å²) in [6.45, 7) is 2.77. The number of carbonyl (C=O) groups is 1. The number of halogens is 3. The number of alkyl halides is 3. The number of aliphatic hydroxyl groups excluding tert-OH is 1. The summed E-state index contributed by atoms with van der Waals surface area (Å²) >= 11 is 17.6. The van der Waals surface area contributed by atoms with Crippen LogP contribution in [0.3, 0.4) is 0 Å². The minimum atomic E-state index is -1.47. The SMILES string of the molecule is CC(=O)OC1=N[C@@H](O)C(Cl)(Cl)C[C@@]1(C)Cl. The Balaban J connectivity index is 3.00. The summed E-state index contributed by atoms with van der Waals surface area (Å²) in [6, 6.07) is 0. The predicted molar refractivity (Wildman–Crippen MR) is 58.5 cm³/mol. The van der Waals surface area contributed by atoms with Crippen LogP contribution in [0.2, 0.25) is 0 Å². The zero-order valence-electron chi connectivity index (χ0n) is 8.13. The van der Waals surface area contributed by atoms with Crippen LogP contribution >= 0.6 is 34.8 Å². The predicted octanol–water partition coefficient (Wildman–Crippen LogP) is 1.84. The van der Waals surface area contributed by atoms with Gasteiger partial charge in [-0.1, -0.05) is 23.2 Å². The fraction of sp³-hybridized carbons (Fsp3) is 0.750. The van der Waals surface area contributed by atoms with Crippen molar-refractivity contribution in [3.63, 3.8) is 0 Å². The third-order valence-corrected chi connectivity index (χ3v) is 2.82. The summed E-state index contributed by atoms with van der Waals surface area (Å²) in [5, 5.41) is 9.45. The fourth-order valence-corrected chi connectivity index (χ4v) is 2.29. The van der Waals surface area contributed by atoms with Crippen LogP contribution in [-0.4, -0.2) is 32.4 Å². The first-order valence-corrected chi connectivity index (χ1v) is 5.30. The highest BCUT2D eigenvalue weighted by Crippen LogP contribution is 2.42. The lowest BCUT2D eigenvalue weighted by atomic mass is 10.00. The monoisotopic (exact) mass is 273 g/mol. The lowest BCUT2D eigenvalue weighted by molar-refractivity contribution is -0.133. The van der Waals surface area contributed by atoms with E-state index in [0.717, 1.165) is 0 Å². The number of carbonyl (C=O) groups excluding carboxylic acids is 1. The molecule has 15 heavy (non-hydrogen) atoms. The number of aliphatic imine (C=N–C) groups is 1. The molecule has 1 heterocycles. The van der Waals surface area contributed by atoms with E-state index >= 15 is 0 Å². The maximum Gasteiger partial charge on any atom is 0.309 e. The van der Waals surface area contributed by atoms with Crippen LogP contribution < -0.4 is 0 Å². The van der Waals surface area contributed by atoms with E-state index in [1.165, 1.54) is 6.92 Å². The van der Waals surface area contributed by atoms with E-state index in [1.807, 2.05) is 0 Å². The van der Waals surface area contributed by atoms with E-state index in [1.54, 1.807) is 6.92 Å². The molecule has 0 aromatic carbocycles. The zero-order chi connectivity index (χ0) is 11.9. The van der Waals surface area contributed by atoms with Crippen LogP contribution in [0.5, 0.6) is 0 Å². The molecule has 7 heteroatoms. The van der Waals surface area contributed by atoms with Crippen LogP contribution in [0.15, 0.2) is 4.99 Å². The topological polar surface area (TPSA) is 58.9 Å². The molecule has 0 amide bonds. The normalized spacial score (nSPS) is 34.5. The smallest absolute Gasteiger partial charge is 0.309 e. The molecule has 0 saturated carbocycles. The Bertz CT molecular complexity index is 314. The van der Waals surface area contributed by atoms with Crippen LogP contribution in [0, 0.1) is 0 Å². The van der Waals surface area contributed by atoms with E-state index < -0.39 is 21.4 Å².